The van der Waals surface area contributed by atoms with Gasteiger partial charge >= 0.3 is 5.97 Å². The lowest BCUT2D eigenvalue weighted by molar-refractivity contribution is -0.142. The quantitative estimate of drug-likeness (QED) is 0.821. The van der Waals surface area contributed by atoms with E-state index < -0.39 is 5.97 Å². The second-order valence-electron chi connectivity index (χ2n) is 6.06. The molecule has 17 heavy (non-hydrogen) atoms. The van der Waals surface area contributed by atoms with E-state index in [0.717, 1.165) is 19.3 Å². The normalized spacial score (nSPS) is 19.2. The maximum absolute atomic E-state index is 11.8. The largest absolute Gasteiger partial charge is 0.481 e. The number of hydrogen-bond acceptors (Lipinski definition) is 2. The number of piperidine rings is 1. The first kappa shape index (κ1) is 14.0. The minimum absolute atomic E-state index is 0.0395. The Bertz CT molecular complexity index is 294. The lowest BCUT2D eigenvalue weighted by Gasteiger charge is -2.37. The molecule has 1 rings (SSSR count). The molecule has 1 heterocycles. The second kappa shape index (κ2) is 5.52. The van der Waals surface area contributed by atoms with Gasteiger partial charge in [0.1, 0.15) is 0 Å². The molecule has 1 N–H and O–H groups in total. The van der Waals surface area contributed by atoms with Crippen LogP contribution in [0.15, 0.2) is 0 Å². The second-order valence-corrected chi connectivity index (χ2v) is 6.06. The molecule has 0 saturated carbocycles. The Kier molecular flexibility index (Phi) is 4.54. The average Bonchev–Trinajstić information content (AvgIpc) is 2.14. The number of rotatable bonds is 4. The third-order valence-corrected chi connectivity index (χ3v) is 3.06. The molecule has 0 radical (unpaired) electrons. The molecule has 4 heteroatoms. The van der Waals surface area contributed by atoms with Crippen LogP contribution in [0.4, 0.5) is 0 Å². The summed E-state index contributed by atoms with van der Waals surface area (Å²) in [5.41, 5.74) is 0.0395. The summed E-state index contributed by atoms with van der Waals surface area (Å²) in [4.78, 5) is 24.5. The Hall–Kier alpha value is -1.06. The van der Waals surface area contributed by atoms with Crippen LogP contribution < -0.4 is 0 Å². The Labute approximate surface area is 103 Å². The third kappa shape index (κ3) is 4.75. The van der Waals surface area contributed by atoms with E-state index >= 15 is 0 Å². The summed E-state index contributed by atoms with van der Waals surface area (Å²) in [6.45, 7) is 6.95. The fourth-order valence-corrected chi connectivity index (χ4v) is 2.41. The molecule has 0 aromatic rings. The molecule has 1 aliphatic rings. The predicted molar refractivity (Wildman–Crippen MR) is 65.7 cm³/mol. The minimum Gasteiger partial charge on any atom is -0.481 e. The van der Waals surface area contributed by atoms with Crippen LogP contribution in [0.5, 0.6) is 0 Å². The van der Waals surface area contributed by atoms with E-state index in [2.05, 4.69) is 20.8 Å². The van der Waals surface area contributed by atoms with Gasteiger partial charge in [-0.05, 0) is 24.7 Å². The smallest absolute Gasteiger partial charge is 0.305 e. The Morgan fingerprint density at radius 3 is 2.53 bits per heavy atom. The molecule has 1 saturated heterocycles. The van der Waals surface area contributed by atoms with E-state index in [1.807, 2.05) is 0 Å². The maximum atomic E-state index is 11.8. The summed E-state index contributed by atoms with van der Waals surface area (Å²) in [6, 6.07) is -0.153. The van der Waals surface area contributed by atoms with Gasteiger partial charge in [-0.15, -0.1) is 0 Å². The van der Waals surface area contributed by atoms with Crippen molar-refractivity contribution in [3.05, 3.63) is 0 Å². The van der Waals surface area contributed by atoms with Gasteiger partial charge in [0.05, 0.1) is 6.42 Å². The molecule has 0 aliphatic carbocycles. The zero-order chi connectivity index (χ0) is 13.1. The number of amides is 1. The van der Waals surface area contributed by atoms with Crippen LogP contribution in [0.25, 0.3) is 0 Å². The Balaban J connectivity index is 2.73. The van der Waals surface area contributed by atoms with E-state index in [0.29, 0.717) is 13.0 Å². The lowest BCUT2D eigenvalue weighted by atomic mass is 9.85. The van der Waals surface area contributed by atoms with Gasteiger partial charge in [-0.1, -0.05) is 20.8 Å². The van der Waals surface area contributed by atoms with E-state index in [-0.39, 0.29) is 23.8 Å². The van der Waals surface area contributed by atoms with Crippen LogP contribution in [0.1, 0.15) is 52.9 Å². The highest BCUT2D eigenvalue weighted by Gasteiger charge is 2.30. The third-order valence-electron chi connectivity index (χ3n) is 3.06. The van der Waals surface area contributed by atoms with Crippen molar-refractivity contribution in [2.75, 3.05) is 6.54 Å². The monoisotopic (exact) mass is 241 g/mol. The van der Waals surface area contributed by atoms with Crippen LogP contribution in [0.2, 0.25) is 0 Å². The summed E-state index contributed by atoms with van der Waals surface area (Å²) in [7, 11) is 0. The van der Waals surface area contributed by atoms with E-state index in [9.17, 15) is 9.59 Å². The van der Waals surface area contributed by atoms with Crippen molar-refractivity contribution in [1.29, 1.82) is 0 Å². The first-order valence-electron chi connectivity index (χ1n) is 6.31. The zero-order valence-electron chi connectivity index (χ0n) is 11.0. The predicted octanol–water partition coefficient (Wildman–Crippen LogP) is 2.28. The maximum Gasteiger partial charge on any atom is 0.305 e. The van der Waals surface area contributed by atoms with Crippen molar-refractivity contribution in [3.8, 4) is 0 Å². The SMILES string of the molecule is CC(C)(C)CC(CC(=O)O)N1CCCCC1=O. The number of likely N-dealkylation sites (tertiary alicyclic amines) is 1. The summed E-state index contributed by atoms with van der Waals surface area (Å²) < 4.78 is 0. The van der Waals surface area contributed by atoms with Gasteiger partial charge in [0, 0.05) is 19.0 Å². The van der Waals surface area contributed by atoms with Crippen molar-refractivity contribution in [2.45, 2.75) is 58.9 Å². The number of aliphatic carboxylic acids is 1. The van der Waals surface area contributed by atoms with Gasteiger partial charge in [-0.25, -0.2) is 0 Å². The number of hydrogen-bond donors (Lipinski definition) is 1. The number of carbonyl (C=O) groups is 2. The van der Waals surface area contributed by atoms with Gasteiger partial charge in [0.15, 0.2) is 0 Å². The average molecular weight is 241 g/mol. The summed E-state index contributed by atoms with van der Waals surface area (Å²) in [5, 5.41) is 8.96. The fraction of sp³-hybridized carbons (Fsp3) is 0.846. The molecule has 1 amide bonds. The number of carbonyl (C=O) groups excluding carboxylic acids is 1. The summed E-state index contributed by atoms with van der Waals surface area (Å²) in [6.07, 6.45) is 3.30. The van der Waals surface area contributed by atoms with E-state index in [4.69, 9.17) is 5.11 Å². The molecule has 1 fully saturated rings. The fourth-order valence-electron chi connectivity index (χ4n) is 2.41. The van der Waals surface area contributed by atoms with Crippen molar-refractivity contribution in [1.82, 2.24) is 4.90 Å². The molecule has 0 aromatic carbocycles. The molecular formula is C13H23NO3. The highest BCUT2D eigenvalue weighted by molar-refractivity contribution is 5.78. The van der Waals surface area contributed by atoms with Crippen molar-refractivity contribution in [3.63, 3.8) is 0 Å². The highest BCUT2D eigenvalue weighted by atomic mass is 16.4. The zero-order valence-corrected chi connectivity index (χ0v) is 11.0. The topological polar surface area (TPSA) is 57.6 Å². The van der Waals surface area contributed by atoms with Crippen molar-refractivity contribution in [2.24, 2.45) is 5.41 Å². The van der Waals surface area contributed by atoms with E-state index in [1.54, 1.807) is 4.90 Å². The van der Waals surface area contributed by atoms with Crippen LogP contribution in [0.3, 0.4) is 0 Å². The minimum atomic E-state index is -0.822. The van der Waals surface area contributed by atoms with Crippen LogP contribution >= 0.6 is 0 Å². The summed E-state index contributed by atoms with van der Waals surface area (Å²) in [5.74, 6) is -0.704. The van der Waals surface area contributed by atoms with Gasteiger partial charge in [0.2, 0.25) is 5.91 Å². The van der Waals surface area contributed by atoms with Crippen LogP contribution in [-0.2, 0) is 9.59 Å². The van der Waals surface area contributed by atoms with E-state index in [1.165, 1.54) is 0 Å². The van der Waals surface area contributed by atoms with Gasteiger partial charge in [0.25, 0.3) is 0 Å². The number of nitrogens with zero attached hydrogens (tertiary/aromatic N) is 1. The van der Waals surface area contributed by atoms with Crippen molar-refractivity contribution >= 4 is 11.9 Å². The highest BCUT2D eigenvalue weighted by Crippen LogP contribution is 2.27. The number of carboxylic acids is 1. The lowest BCUT2D eigenvalue weighted by Crippen LogP contribution is -2.45. The van der Waals surface area contributed by atoms with Gasteiger partial charge < -0.3 is 10.0 Å². The number of carboxylic acid groups (broad SMARTS) is 1. The molecule has 1 atom stereocenters. The Morgan fingerprint density at radius 1 is 1.41 bits per heavy atom. The van der Waals surface area contributed by atoms with Gasteiger partial charge in [-0.2, -0.15) is 0 Å². The standard InChI is InChI=1S/C13H23NO3/c1-13(2,3)9-10(8-12(16)17)14-7-5-4-6-11(14)15/h10H,4-9H2,1-3H3,(H,16,17). The molecule has 0 aromatic heterocycles. The Morgan fingerprint density at radius 2 is 2.06 bits per heavy atom. The van der Waals surface area contributed by atoms with Crippen molar-refractivity contribution < 1.29 is 14.7 Å². The van der Waals surface area contributed by atoms with Gasteiger partial charge in [-0.3, -0.25) is 9.59 Å². The molecule has 4 nitrogen and oxygen atoms in total. The first-order valence-corrected chi connectivity index (χ1v) is 6.31. The van der Waals surface area contributed by atoms with Crippen LogP contribution in [-0.4, -0.2) is 34.5 Å². The summed E-state index contributed by atoms with van der Waals surface area (Å²) >= 11 is 0. The molecular weight excluding hydrogens is 218 g/mol. The molecule has 0 spiro atoms. The molecule has 1 aliphatic heterocycles. The molecule has 0 bridgehead atoms. The molecule has 98 valence electrons. The molecule has 1 unspecified atom stereocenters. The van der Waals surface area contributed by atoms with Crippen LogP contribution in [0, 0.1) is 5.41 Å². The first-order chi connectivity index (χ1) is 7.79.